The molecule has 3 aromatic carbocycles. The van der Waals surface area contributed by atoms with Gasteiger partial charge in [-0.3, -0.25) is 0 Å². The van der Waals surface area contributed by atoms with Crippen LogP contribution in [0.15, 0.2) is 60.7 Å². The molecule has 3 aromatic rings. The summed E-state index contributed by atoms with van der Waals surface area (Å²) in [5, 5.41) is 13.2. The Kier molecular flexibility index (Phi) is 9.07. The molecule has 6 heteroatoms. The monoisotopic (exact) mass is 458 g/mol. The lowest BCUT2D eigenvalue weighted by atomic mass is 9.96. The summed E-state index contributed by atoms with van der Waals surface area (Å²) in [6.07, 6.45) is 1.34. The minimum atomic E-state index is 0.187. The van der Waals surface area contributed by atoms with E-state index in [9.17, 15) is 10.1 Å². The fourth-order valence-electron chi connectivity index (χ4n) is 3.77. The Labute approximate surface area is 201 Å². The summed E-state index contributed by atoms with van der Waals surface area (Å²) in [4.78, 5) is 11.1. The van der Waals surface area contributed by atoms with Crippen molar-refractivity contribution in [2.24, 2.45) is 0 Å². The van der Waals surface area contributed by atoms with E-state index in [0.717, 1.165) is 35.2 Å². The highest BCUT2D eigenvalue weighted by Gasteiger charge is 2.15. The number of rotatable bonds is 12. The first kappa shape index (κ1) is 24.8. The predicted octanol–water partition coefficient (Wildman–Crippen LogP) is 5.28. The standard InChI is InChI=1S/C28H30N2O4/c1-20(31)9-8-14-30-18-26-27(32-2)15-23(16-28(26)33-3)34-19-22-12-7-13-24(25(22)17-29)21-10-5-4-6-11-21/h4-7,10-13,15-16,30H,8-9,14,18-19H2,1-3H3. The number of methoxy groups -OCH3 is 2. The first-order chi connectivity index (χ1) is 16.6. The molecule has 0 aliphatic heterocycles. The van der Waals surface area contributed by atoms with Crippen LogP contribution in [0.2, 0.25) is 0 Å². The van der Waals surface area contributed by atoms with Crippen molar-refractivity contribution >= 4 is 5.78 Å². The van der Waals surface area contributed by atoms with Crippen LogP contribution in [0.3, 0.4) is 0 Å². The maximum Gasteiger partial charge on any atom is 0.130 e. The van der Waals surface area contributed by atoms with Gasteiger partial charge in [0.2, 0.25) is 0 Å². The smallest absolute Gasteiger partial charge is 0.130 e. The van der Waals surface area contributed by atoms with E-state index in [0.29, 0.717) is 35.8 Å². The lowest BCUT2D eigenvalue weighted by Crippen LogP contribution is -2.16. The number of nitrogens with one attached hydrogen (secondary N) is 1. The first-order valence-electron chi connectivity index (χ1n) is 11.2. The van der Waals surface area contributed by atoms with Gasteiger partial charge in [-0.25, -0.2) is 0 Å². The van der Waals surface area contributed by atoms with Gasteiger partial charge in [0.15, 0.2) is 0 Å². The molecule has 0 spiro atoms. The summed E-state index contributed by atoms with van der Waals surface area (Å²) in [5.41, 5.74) is 4.15. The maximum atomic E-state index is 11.1. The van der Waals surface area contributed by atoms with Crippen LogP contribution in [0.4, 0.5) is 0 Å². The molecule has 3 rings (SSSR count). The van der Waals surface area contributed by atoms with E-state index in [2.05, 4.69) is 11.4 Å². The highest BCUT2D eigenvalue weighted by atomic mass is 16.5. The Hall–Kier alpha value is -3.82. The number of hydrogen-bond donors (Lipinski definition) is 1. The number of nitriles is 1. The normalized spacial score (nSPS) is 10.4. The number of benzene rings is 3. The van der Waals surface area contributed by atoms with Crippen molar-refractivity contribution in [1.29, 1.82) is 5.26 Å². The van der Waals surface area contributed by atoms with E-state index >= 15 is 0 Å². The van der Waals surface area contributed by atoms with Crippen molar-refractivity contribution in [3.8, 4) is 34.4 Å². The molecule has 0 unspecified atom stereocenters. The molecular formula is C28H30N2O4. The molecule has 0 aromatic heterocycles. The number of hydrogen-bond acceptors (Lipinski definition) is 6. The van der Waals surface area contributed by atoms with E-state index in [4.69, 9.17) is 14.2 Å². The molecular weight excluding hydrogens is 428 g/mol. The predicted molar refractivity (Wildman–Crippen MR) is 132 cm³/mol. The second-order valence-corrected chi connectivity index (χ2v) is 7.89. The minimum Gasteiger partial charge on any atom is -0.496 e. The van der Waals surface area contributed by atoms with Gasteiger partial charge in [-0.1, -0.05) is 48.5 Å². The Balaban J connectivity index is 1.76. The van der Waals surface area contributed by atoms with E-state index in [1.165, 1.54) is 0 Å². The molecule has 0 bridgehead atoms. The Morgan fingerprint density at radius 2 is 1.71 bits per heavy atom. The zero-order chi connectivity index (χ0) is 24.3. The van der Waals surface area contributed by atoms with Crippen LogP contribution >= 0.6 is 0 Å². The largest absolute Gasteiger partial charge is 0.496 e. The summed E-state index contributed by atoms with van der Waals surface area (Å²) in [6.45, 7) is 3.10. The number of ketones is 1. The van der Waals surface area contributed by atoms with Gasteiger partial charge >= 0.3 is 0 Å². The van der Waals surface area contributed by atoms with Crippen molar-refractivity contribution < 1.29 is 19.0 Å². The molecule has 0 saturated heterocycles. The third-order valence-corrected chi connectivity index (χ3v) is 5.51. The van der Waals surface area contributed by atoms with Crippen LogP contribution in [-0.2, 0) is 17.9 Å². The molecule has 0 fully saturated rings. The number of ether oxygens (including phenoxy) is 3. The van der Waals surface area contributed by atoms with Crippen LogP contribution in [0.25, 0.3) is 11.1 Å². The van der Waals surface area contributed by atoms with Gasteiger partial charge < -0.3 is 24.3 Å². The number of carbonyl (C=O) groups is 1. The number of nitrogens with zero attached hydrogens (tertiary/aromatic N) is 1. The van der Waals surface area contributed by atoms with Crippen LogP contribution in [0, 0.1) is 11.3 Å². The van der Waals surface area contributed by atoms with Crippen LogP contribution < -0.4 is 19.5 Å². The van der Waals surface area contributed by atoms with Crippen molar-refractivity contribution in [2.45, 2.75) is 32.9 Å². The second kappa shape index (κ2) is 12.4. The molecule has 0 saturated carbocycles. The molecule has 6 nitrogen and oxygen atoms in total. The minimum absolute atomic E-state index is 0.187. The molecule has 0 aliphatic rings. The molecule has 0 amide bonds. The van der Waals surface area contributed by atoms with Gasteiger partial charge in [-0.2, -0.15) is 5.26 Å². The quantitative estimate of drug-likeness (QED) is 0.372. The molecule has 0 atom stereocenters. The fourth-order valence-corrected chi connectivity index (χ4v) is 3.77. The topological polar surface area (TPSA) is 80.6 Å². The average Bonchev–Trinajstić information content (AvgIpc) is 2.87. The Morgan fingerprint density at radius 1 is 1.00 bits per heavy atom. The summed E-state index contributed by atoms with van der Waals surface area (Å²) < 4.78 is 17.2. The van der Waals surface area contributed by atoms with Gasteiger partial charge in [-0.05, 0) is 31.0 Å². The average molecular weight is 459 g/mol. The lowest BCUT2D eigenvalue weighted by Gasteiger charge is -2.17. The van der Waals surface area contributed by atoms with E-state index in [1.807, 2.05) is 60.7 Å². The van der Waals surface area contributed by atoms with Crippen molar-refractivity contribution in [3.05, 3.63) is 77.4 Å². The van der Waals surface area contributed by atoms with E-state index < -0.39 is 0 Å². The van der Waals surface area contributed by atoms with Crippen LogP contribution in [0.5, 0.6) is 17.2 Å². The fraction of sp³-hybridized carbons (Fsp3) is 0.286. The molecule has 34 heavy (non-hydrogen) atoms. The summed E-state index contributed by atoms with van der Waals surface area (Å²) in [6, 6.07) is 21.6. The van der Waals surface area contributed by atoms with Crippen LogP contribution in [-0.4, -0.2) is 26.5 Å². The van der Waals surface area contributed by atoms with E-state index in [1.54, 1.807) is 21.1 Å². The molecule has 0 radical (unpaired) electrons. The van der Waals surface area contributed by atoms with Crippen molar-refractivity contribution in [2.75, 3.05) is 20.8 Å². The number of Topliss-reactive ketones (excluding diaryl/α,β-unsaturated/α-hetero) is 1. The van der Waals surface area contributed by atoms with Crippen LogP contribution in [0.1, 0.15) is 36.5 Å². The summed E-state index contributed by atoms with van der Waals surface area (Å²) in [5.74, 6) is 2.06. The van der Waals surface area contributed by atoms with Gasteiger partial charge in [0.1, 0.15) is 35.7 Å². The zero-order valence-electron chi connectivity index (χ0n) is 19.9. The molecule has 0 aliphatic carbocycles. The van der Waals surface area contributed by atoms with Gasteiger partial charge in [0.05, 0.1) is 25.3 Å². The third-order valence-electron chi connectivity index (χ3n) is 5.51. The zero-order valence-corrected chi connectivity index (χ0v) is 19.9. The third kappa shape index (κ3) is 6.37. The summed E-state index contributed by atoms with van der Waals surface area (Å²) in [7, 11) is 3.21. The Morgan fingerprint density at radius 3 is 2.32 bits per heavy atom. The number of carbonyl (C=O) groups excluding carboxylic acids is 1. The highest BCUT2D eigenvalue weighted by molar-refractivity contribution is 5.75. The lowest BCUT2D eigenvalue weighted by molar-refractivity contribution is -0.117. The van der Waals surface area contributed by atoms with Crippen molar-refractivity contribution in [3.63, 3.8) is 0 Å². The van der Waals surface area contributed by atoms with E-state index in [-0.39, 0.29) is 12.4 Å². The van der Waals surface area contributed by atoms with Gasteiger partial charge in [-0.15, -0.1) is 0 Å². The first-order valence-corrected chi connectivity index (χ1v) is 11.2. The molecule has 176 valence electrons. The highest BCUT2D eigenvalue weighted by Crippen LogP contribution is 2.35. The second-order valence-electron chi connectivity index (χ2n) is 7.89. The maximum absolute atomic E-state index is 11.1. The Bertz CT molecular complexity index is 1130. The van der Waals surface area contributed by atoms with Crippen molar-refractivity contribution in [1.82, 2.24) is 5.32 Å². The molecule has 1 N–H and O–H groups in total. The molecule has 0 heterocycles. The SMILES string of the molecule is COc1cc(OCc2cccc(-c3ccccc3)c2C#N)cc(OC)c1CNCCCC(C)=O. The summed E-state index contributed by atoms with van der Waals surface area (Å²) >= 11 is 0. The van der Waals surface area contributed by atoms with Gasteiger partial charge in [0.25, 0.3) is 0 Å². The van der Waals surface area contributed by atoms with Gasteiger partial charge in [0, 0.05) is 30.7 Å².